The molecule has 0 radical (unpaired) electrons. The lowest BCUT2D eigenvalue weighted by Gasteiger charge is -2.39. The van der Waals surface area contributed by atoms with Crippen molar-refractivity contribution in [2.75, 3.05) is 0 Å². The van der Waals surface area contributed by atoms with Crippen molar-refractivity contribution in [3.63, 3.8) is 0 Å². The number of allylic oxidation sites excluding steroid dienone is 1. The molecule has 12 heavy (non-hydrogen) atoms. The van der Waals surface area contributed by atoms with Crippen LogP contribution in [0.3, 0.4) is 0 Å². The van der Waals surface area contributed by atoms with Crippen LogP contribution in [0, 0.1) is 0 Å². The van der Waals surface area contributed by atoms with Gasteiger partial charge in [-0.15, -0.1) is 0 Å². The minimum atomic E-state index is -0.386. The molecule has 0 bridgehead atoms. The molecule has 1 heterocycles. The average Bonchev–Trinajstić information content (AvgIpc) is 1.97. The molecule has 1 aliphatic rings. The van der Waals surface area contributed by atoms with Gasteiger partial charge >= 0.3 is 0 Å². The van der Waals surface area contributed by atoms with E-state index < -0.39 is 0 Å². The Labute approximate surface area is 74.2 Å². The van der Waals surface area contributed by atoms with Crippen molar-refractivity contribution in [2.24, 2.45) is 0 Å². The lowest BCUT2D eigenvalue weighted by atomic mass is 9.92. The number of ether oxygens (including phenoxy) is 1. The van der Waals surface area contributed by atoms with E-state index in [4.69, 9.17) is 4.74 Å². The van der Waals surface area contributed by atoms with E-state index in [1.165, 1.54) is 0 Å². The van der Waals surface area contributed by atoms with E-state index in [2.05, 4.69) is 0 Å². The second-order valence-corrected chi connectivity index (χ2v) is 3.88. The normalized spacial score (nSPS) is 35.7. The van der Waals surface area contributed by atoms with Crippen molar-refractivity contribution in [1.29, 1.82) is 0 Å². The summed E-state index contributed by atoms with van der Waals surface area (Å²) in [6, 6.07) is 0. The van der Waals surface area contributed by atoms with Gasteiger partial charge in [-0.05, 0) is 33.6 Å². The zero-order chi connectivity index (χ0) is 9.19. The lowest BCUT2D eigenvalue weighted by Crippen LogP contribution is -2.46. The highest BCUT2D eigenvalue weighted by atomic mass is 16.5. The van der Waals surface area contributed by atoms with Gasteiger partial charge in [-0.2, -0.15) is 0 Å². The van der Waals surface area contributed by atoms with Crippen LogP contribution in [0.25, 0.3) is 0 Å². The van der Waals surface area contributed by atoms with E-state index in [0.717, 1.165) is 12.8 Å². The summed E-state index contributed by atoms with van der Waals surface area (Å²) in [5.41, 5.74) is -0.386. The molecule has 1 saturated heterocycles. The Morgan fingerprint density at radius 2 is 2.08 bits per heavy atom. The third kappa shape index (κ3) is 2.08. The van der Waals surface area contributed by atoms with Gasteiger partial charge in [0.25, 0.3) is 0 Å². The van der Waals surface area contributed by atoms with Gasteiger partial charge in [0.05, 0.1) is 17.8 Å². The van der Waals surface area contributed by atoms with E-state index in [-0.39, 0.29) is 17.8 Å². The monoisotopic (exact) mass is 170 g/mol. The van der Waals surface area contributed by atoms with E-state index in [0.29, 0.717) is 0 Å². The van der Waals surface area contributed by atoms with Gasteiger partial charge in [0.1, 0.15) is 0 Å². The molecule has 0 amide bonds. The standard InChI is InChI=1S/C10H18O2/c1-4-5-8-6-7-9(11)10(2,3)12-8/h4-5,8-9,11H,6-7H2,1-3H3. The molecule has 1 fully saturated rings. The predicted octanol–water partition coefficient (Wildman–Crippen LogP) is 1.88. The zero-order valence-electron chi connectivity index (χ0n) is 8.08. The van der Waals surface area contributed by atoms with Crippen LogP contribution in [0.1, 0.15) is 33.6 Å². The smallest absolute Gasteiger partial charge is 0.0892 e. The van der Waals surface area contributed by atoms with Crippen LogP contribution in [-0.4, -0.2) is 22.9 Å². The molecular weight excluding hydrogens is 152 g/mol. The first-order valence-corrected chi connectivity index (χ1v) is 4.55. The molecule has 1 aliphatic heterocycles. The van der Waals surface area contributed by atoms with Crippen LogP contribution in [-0.2, 0) is 4.74 Å². The highest BCUT2D eigenvalue weighted by Gasteiger charge is 2.35. The quantitative estimate of drug-likeness (QED) is 0.609. The topological polar surface area (TPSA) is 29.5 Å². The van der Waals surface area contributed by atoms with Gasteiger partial charge in [-0.3, -0.25) is 0 Å². The molecule has 0 saturated carbocycles. The van der Waals surface area contributed by atoms with Crippen LogP contribution < -0.4 is 0 Å². The molecule has 1 N–H and O–H groups in total. The number of aliphatic hydroxyl groups is 1. The lowest BCUT2D eigenvalue weighted by molar-refractivity contribution is -0.156. The van der Waals surface area contributed by atoms with Crippen molar-refractivity contribution < 1.29 is 9.84 Å². The second-order valence-electron chi connectivity index (χ2n) is 3.88. The minimum Gasteiger partial charge on any atom is -0.390 e. The summed E-state index contributed by atoms with van der Waals surface area (Å²) in [5, 5.41) is 9.57. The molecular formula is C10H18O2. The fourth-order valence-corrected chi connectivity index (χ4v) is 1.55. The molecule has 0 aromatic heterocycles. The predicted molar refractivity (Wildman–Crippen MR) is 49.0 cm³/mol. The van der Waals surface area contributed by atoms with E-state index in [9.17, 15) is 5.11 Å². The molecule has 2 nitrogen and oxygen atoms in total. The van der Waals surface area contributed by atoms with Gasteiger partial charge < -0.3 is 9.84 Å². The molecule has 2 heteroatoms. The summed E-state index contributed by atoms with van der Waals surface area (Å²) >= 11 is 0. The first-order chi connectivity index (χ1) is 5.56. The Balaban J connectivity index is 2.56. The SMILES string of the molecule is CC=CC1CCC(O)C(C)(C)O1. The highest BCUT2D eigenvalue weighted by Crippen LogP contribution is 2.28. The van der Waals surface area contributed by atoms with Crippen molar-refractivity contribution in [1.82, 2.24) is 0 Å². The van der Waals surface area contributed by atoms with Gasteiger partial charge in [-0.1, -0.05) is 12.2 Å². The van der Waals surface area contributed by atoms with Gasteiger partial charge in [0, 0.05) is 0 Å². The average molecular weight is 170 g/mol. The first-order valence-electron chi connectivity index (χ1n) is 4.55. The molecule has 2 atom stereocenters. The van der Waals surface area contributed by atoms with Crippen molar-refractivity contribution in [3.05, 3.63) is 12.2 Å². The minimum absolute atomic E-state index is 0.188. The Morgan fingerprint density at radius 1 is 1.42 bits per heavy atom. The van der Waals surface area contributed by atoms with Gasteiger partial charge in [0.15, 0.2) is 0 Å². The maximum Gasteiger partial charge on any atom is 0.0892 e. The van der Waals surface area contributed by atoms with Crippen LogP contribution in [0.2, 0.25) is 0 Å². The summed E-state index contributed by atoms with van der Waals surface area (Å²) < 4.78 is 5.69. The highest BCUT2D eigenvalue weighted by molar-refractivity contribution is 4.95. The van der Waals surface area contributed by atoms with Crippen LogP contribution in [0.15, 0.2) is 12.2 Å². The molecule has 0 aromatic rings. The van der Waals surface area contributed by atoms with Crippen molar-refractivity contribution in [3.8, 4) is 0 Å². The van der Waals surface area contributed by atoms with Gasteiger partial charge in [-0.25, -0.2) is 0 Å². The molecule has 0 spiro atoms. The van der Waals surface area contributed by atoms with E-state index >= 15 is 0 Å². The van der Waals surface area contributed by atoms with Crippen molar-refractivity contribution in [2.45, 2.75) is 51.4 Å². The number of hydrogen-bond acceptors (Lipinski definition) is 2. The molecule has 2 unspecified atom stereocenters. The molecule has 0 aromatic carbocycles. The van der Waals surface area contributed by atoms with Gasteiger partial charge in [0.2, 0.25) is 0 Å². The van der Waals surface area contributed by atoms with E-state index in [1.807, 2.05) is 32.9 Å². The summed E-state index contributed by atoms with van der Waals surface area (Å²) in [4.78, 5) is 0. The summed E-state index contributed by atoms with van der Waals surface area (Å²) in [6.07, 6.45) is 5.68. The fourth-order valence-electron chi connectivity index (χ4n) is 1.55. The summed E-state index contributed by atoms with van der Waals surface area (Å²) in [5.74, 6) is 0. The number of hydrogen-bond donors (Lipinski definition) is 1. The number of aliphatic hydroxyl groups excluding tert-OH is 1. The van der Waals surface area contributed by atoms with Crippen molar-refractivity contribution >= 4 is 0 Å². The third-order valence-electron chi connectivity index (χ3n) is 2.39. The molecule has 70 valence electrons. The summed E-state index contributed by atoms with van der Waals surface area (Å²) in [7, 11) is 0. The van der Waals surface area contributed by atoms with Crippen LogP contribution >= 0.6 is 0 Å². The number of rotatable bonds is 1. The maximum absolute atomic E-state index is 9.57. The second kappa shape index (κ2) is 3.58. The Bertz CT molecular complexity index is 173. The Morgan fingerprint density at radius 3 is 2.58 bits per heavy atom. The molecule has 0 aliphatic carbocycles. The zero-order valence-corrected chi connectivity index (χ0v) is 8.08. The third-order valence-corrected chi connectivity index (χ3v) is 2.39. The van der Waals surface area contributed by atoms with Crippen LogP contribution in [0.4, 0.5) is 0 Å². The first kappa shape index (κ1) is 9.75. The van der Waals surface area contributed by atoms with E-state index in [1.54, 1.807) is 0 Å². The Hall–Kier alpha value is -0.340. The largest absolute Gasteiger partial charge is 0.390 e. The Kier molecular flexibility index (Phi) is 2.91. The fraction of sp³-hybridized carbons (Fsp3) is 0.800. The van der Waals surface area contributed by atoms with Crippen LogP contribution in [0.5, 0.6) is 0 Å². The summed E-state index contributed by atoms with van der Waals surface area (Å²) in [6.45, 7) is 5.86. The molecule has 1 rings (SSSR count). The maximum atomic E-state index is 9.57.